The van der Waals surface area contributed by atoms with Crippen molar-refractivity contribution in [3.63, 3.8) is 0 Å². The summed E-state index contributed by atoms with van der Waals surface area (Å²) < 4.78 is 0. The SMILES string of the molecule is CC(C(=O)O)=C(C)C(=O)N1CCCc2ccccc2C1. The zero-order chi connectivity index (χ0) is 14.7. The van der Waals surface area contributed by atoms with Crippen LogP contribution in [0.2, 0.25) is 0 Å². The largest absolute Gasteiger partial charge is 0.478 e. The normalized spacial score (nSPS) is 16.0. The molecule has 1 heterocycles. The maximum Gasteiger partial charge on any atom is 0.331 e. The number of benzene rings is 1. The van der Waals surface area contributed by atoms with Crippen LogP contribution in [0.1, 0.15) is 31.4 Å². The van der Waals surface area contributed by atoms with Gasteiger partial charge in [0.1, 0.15) is 0 Å². The van der Waals surface area contributed by atoms with Gasteiger partial charge in [-0.25, -0.2) is 4.79 Å². The van der Waals surface area contributed by atoms with E-state index in [2.05, 4.69) is 6.07 Å². The van der Waals surface area contributed by atoms with Crippen LogP contribution in [0.4, 0.5) is 0 Å². The molecule has 1 aromatic rings. The molecule has 0 aromatic heterocycles. The summed E-state index contributed by atoms with van der Waals surface area (Å²) in [5.74, 6) is -1.22. The van der Waals surface area contributed by atoms with E-state index in [0.717, 1.165) is 18.4 Å². The standard InChI is InChI=1S/C16H19NO3/c1-11(12(2)16(19)20)15(18)17-9-5-8-13-6-3-4-7-14(13)10-17/h3-4,6-7H,5,8-10H2,1-2H3,(H,19,20). The Balaban J connectivity index is 2.24. The van der Waals surface area contributed by atoms with Crippen molar-refractivity contribution in [2.45, 2.75) is 33.2 Å². The molecular formula is C16H19NO3. The van der Waals surface area contributed by atoms with Gasteiger partial charge in [-0.05, 0) is 37.8 Å². The Morgan fingerprint density at radius 1 is 1.10 bits per heavy atom. The molecule has 1 amide bonds. The number of rotatable bonds is 2. The molecule has 1 aliphatic rings. The van der Waals surface area contributed by atoms with Gasteiger partial charge in [0.05, 0.1) is 0 Å². The predicted molar refractivity (Wildman–Crippen MR) is 76.2 cm³/mol. The van der Waals surface area contributed by atoms with Crippen LogP contribution in [-0.2, 0) is 22.6 Å². The number of amides is 1. The van der Waals surface area contributed by atoms with Gasteiger partial charge in [-0.1, -0.05) is 24.3 Å². The molecule has 0 atom stereocenters. The molecule has 0 saturated heterocycles. The fourth-order valence-corrected chi connectivity index (χ4v) is 2.43. The van der Waals surface area contributed by atoms with Gasteiger partial charge < -0.3 is 10.0 Å². The van der Waals surface area contributed by atoms with Crippen molar-refractivity contribution in [1.82, 2.24) is 4.90 Å². The second-order valence-electron chi connectivity index (χ2n) is 5.15. The van der Waals surface area contributed by atoms with Gasteiger partial charge in [-0.2, -0.15) is 0 Å². The number of aryl methyl sites for hydroxylation is 1. The van der Waals surface area contributed by atoms with E-state index >= 15 is 0 Å². The maximum absolute atomic E-state index is 12.4. The van der Waals surface area contributed by atoms with Crippen molar-refractivity contribution in [1.29, 1.82) is 0 Å². The average Bonchev–Trinajstić information content (AvgIpc) is 2.66. The van der Waals surface area contributed by atoms with E-state index in [0.29, 0.717) is 18.7 Å². The summed E-state index contributed by atoms with van der Waals surface area (Å²) in [7, 11) is 0. The first-order chi connectivity index (χ1) is 9.50. The number of nitrogens with zero attached hydrogens (tertiary/aromatic N) is 1. The number of carbonyl (C=O) groups excluding carboxylic acids is 1. The van der Waals surface area contributed by atoms with Gasteiger partial charge in [0.25, 0.3) is 0 Å². The molecule has 0 unspecified atom stereocenters. The minimum absolute atomic E-state index is 0.118. The number of hydrogen-bond donors (Lipinski definition) is 1. The summed E-state index contributed by atoms with van der Waals surface area (Å²) in [5, 5.41) is 8.98. The summed E-state index contributed by atoms with van der Waals surface area (Å²) in [5.41, 5.74) is 2.86. The van der Waals surface area contributed by atoms with Gasteiger partial charge in [0.2, 0.25) is 5.91 Å². The van der Waals surface area contributed by atoms with E-state index in [4.69, 9.17) is 5.11 Å². The molecule has 2 rings (SSSR count). The number of carboxylic acids is 1. The van der Waals surface area contributed by atoms with Crippen molar-refractivity contribution in [3.8, 4) is 0 Å². The van der Waals surface area contributed by atoms with Crippen LogP contribution in [-0.4, -0.2) is 28.4 Å². The average molecular weight is 273 g/mol. The summed E-state index contributed by atoms with van der Waals surface area (Å²) >= 11 is 0. The maximum atomic E-state index is 12.4. The molecule has 4 nitrogen and oxygen atoms in total. The molecular weight excluding hydrogens is 254 g/mol. The van der Waals surface area contributed by atoms with Crippen molar-refractivity contribution in [2.75, 3.05) is 6.54 Å². The highest BCUT2D eigenvalue weighted by atomic mass is 16.4. The molecule has 106 valence electrons. The van der Waals surface area contributed by atoms with E-state index in [1.54, 1.807) is 11.8 Å². The van der Waals surface area contributed by atoms with E-state index in [1.165, 1.54) is 12.5 Å². The van der Waals surface area contributed by atoms with Crippen molar-refractivity contribution in [2.24, 2.45) is 0 Å². The molecule has 0 saturated carbocycles. The molecule has 1 N–H and O–H groups in total. The van der Waals surface area contributed by atoms with Crippen LogP contribution in [0.3, 0.4) is 0 Å². The second kappa shape index (κ2) is 5.90. The zero-order valence-corrected chi connectivity index (χ0v) is 11.8. The topological polar surface area (TPSA) is 57.6 Å². The Bertz CT molecular complexity index is 575. The number of fused-ring (bicyclic) bond motifs is 1. The molecule has 1 aliphatic heterocycles. The van der Waals surface area contributed by atoms with Gasteiger partial charge in [0, 0.05) is 24.2 Å². The van der Waals surface area contributed by atoms with Crippen molar-refractivity contribution in [3.05, 3.63) is 46.5 Å². The van der Waals surface area contributed by atoms with E-state index in [9.17, 15) is 9.59 Å². The van der Waals surface area contributed by atoms with Gasteiger partial charge in [0.15, 0.2) is 0 Å². The van der Waals surface area contributed by atoms with Crippen LogP contribution >= 0.6 is 0 Å². The number of carbonyl (C=O) groups is 2. The van der Waals surface area contributed by atoms with Crippen molar-refractivity contribution >= 4 is 11.9 Å². The highest BCUT2D eigenvalue weighted by Gasteiger charge is 2.22. The third-order valence-electron chi connectivity index (χ3n) is 3.85. The lowest BCUT2D eigenvalue weighted by atomic mass is 10.0. The fraction of sp³-hybridized carbons (Fsp3) is 0.375. The Labute approximate surface area is 118 Å². The quantitative estimate of drug-likeness (QED) is 0.842. The zero-order valence-electron chi connectivity index (χ0n) is 11.8. The van der Waals surface area contributed by atoms with Crippen LogP contribution < -0.4 is 0 Å². The van der Waals surface area contributed by atoms with Gasteiger partial charge >= 0.3 is 5.97 Å². The van der Waals surface area contributed by atoms with E-state index in [1.807, 2.05) is 18.2 Å². The van der Waals surface area contributed by atoms with Crippen LogP contribution in [0.15, 0.2) is 35.4 Å². The Morgan fingerprint density at radius 2 is 1.75 bits per heavy atom. The van der Waals surface area contributed by atoms with Crippen LogP contribution in [0, 0.1) is 0 Å². The molecule has 20 heavy (non-hydrogen) atoms. The minimum Gasteiger partial charge on any atom is -0.478 e. The molecule has 1 aromatic carbocycles. The van der Waals surface area contributed by atoms with Crippen LogP contribution in [0.25, 0.3) is 0 Å². The third kappa shape index (κ3) is 2.90. The molecule has 0 spiro atoms. The summed E-state index contributed by atoms with van der Waals surface area (Å²) in [4.78, 5) is 25.1. The van der Waals surface area contributed by atoms with Crippen molar-refractivity contribution < 1.29 is 14.7 Å². The second-order valence-corrected chi connectivity index (χ2v) is 5.15. The van der Waals surface area contributed by atoms with E-state index < -0.39 is 5.97 Å². The van der Waals surface area contributed by atoms with Gasteiger partial charge in [-0.15, -0.1) is 0 Å². The summed E-state index contributed by atoms with van der Waals surface area (Å²) in [6.45, 7) is 4.28. The first-order valence-electron chi connectivity index (χ1n) is 6.77. The molecule has 0 fully saturated rings. The summed E-state index contributed by atoms with van der Waals surface area (Å²) in [6, 6.07) is 8.10. The monoisotopic (exact) mass is 273 g/mol. The highest BCUT2D eigenvalue weighted by Crippen LogP contribution is 2.20. The van der Waals surface area contributed by atoms with Crippen LogP contribution in [0.5, 0.6) is 0 Å². The smallest absolute Gasteiger partial charge is 0.331 e. The molecule has 4 heteroatoms. The molecule has 0 aliphatic carbocycles. The lowest BCUT2D eigenvalue weighted by Gasteiger charge is -2.21. The number of hydrogen-bond acceptors (Lipinski definition) is 2. The first kappa shape index (κ1) is 14.3. The predicted octanol–water partition coefficient (Wildman–Crippen LogP) is 2.38. The Morgan fingerprint density at radius 3 is 2.40 bits per heavy atom. The lowest BCUT2D eigenvalue weighted by molar-refractivity contribution is -0.134. The third-order valence-corrected chi connectivity index (χ3v) is 3.85. The first-order valence-corrected chi connectivity index (χ1v) is 6.77. The highest BCUT2D eigenvalue weighted by molar-refractivity contribution is 6.01. The fourth-order valence-electron chi connectivity index (χ4n) is 2.43. The van der Waals surface area contributed by atoms with E-state index in [-0.39, 0.29) is 11.5 Å². The Kier molecular flexibility index (Phi) is 4.23. The molecule has 0 bridgehead atoms. The lowest BCUT2D eigenvalue weighted by Crippen LogP contribution is -2.32. The Hall–Kier alpha value is -2.10. The minimum atomic E-state index is -1.04. The number of aliphatic carboxylic acids is 1. The van der Waals surface area contributed by atoms with Gasteiger partial charge in [-0.3, -0.25) is 4.79 Å². The summed E-state index contributed by atoms with van der Waals surface area (Å²) in [6.07, 6.45) is 1.86. The molecule has 0 radical (unpaired) electrons. The number of carboxylic acid groups (broad SMARTS) is 1.